The Bertz CT molecular complexity index is 1260. The SMILES string of the molecule is CCCCSC(=O)[C@@H](Cc1ccc(CCOc2ccc(OS(C)(=O)=O)cc2)cc1)SCCc1ccc(O)cc1. The van der Waals surface area contributed by atoms with Crippen LogP contribution in [0.2, 0.25) is 0 Å². The molecule has 0 bridgehead atoms. The Morgan fingerprint density at radius 3 is 2.08 bits per heavy atom. The van der Waals surface area contributed by atoms with Crippen molar-refractivity contribution in [2.75, 3.05) is 24.4 Å². The van der Waals surface area contributed by atoms with Crippen molar-refractivity contribution in [3.05, 3.63) is 89.5 Å². The number of benzene rings is 3. The molecule has 3 aromatic rings. The first kappa shape index (κ1) is 30.9. The van der Waals surface area contributed by atoms with E-state index in [9.17, 15) is 18.3 Å². The molecule has 0 amide bonds. The van der Waals surface area contributed by atoms with E-state index in [0.717, 1.165) is 60.1 Å². The van der Waals surface area contributed by atoms with Gasteiger partial charge in [0.1, 0.15) is 17.2 Å². The minimum Gasteiger partial charge on any atom is -0.508 e. The Morgan fingerprint density at radius 1 is 0.846 bits per heavy atom. The summed E-state index contributed by atoms with van der Waals surface area (Å²) in [5.41, 5.74) is 3.42. The number of unbranched alkanes of at least 4 members (excludes halogenated alkanes) is 1. The third-order valence-corrected chi connectivity index (χ3v) is 8.76. The molecule has 0 aliphatic carbocycles. The fourth-order valence-corrected chi connectivity index (χ4v) is 6.57. The lowest BCUT2D eigenvalue weighted by Gasteiger charge is -2.16. The maximum atomic E-state index is 13.0. The highest BCUT2D eigenvalue weighted by Crippen LogP contribution is 2.25. The van der Waals surface area contributed by atoms with Crippen LogP contribution < -0.4 is 8.92 Å². The lowest BCUT2D eigenvalue weighted by Crippen LogP contribution is -2.18. The lowest BCUT2D eigenvalue weighted by atomic mass is 10.1. The molecule has 0 saturated carbocycles. The Morgan fingerprint density at radius 2 is 1.44 bits per heavy atom. The summed E-state index contributed by atoms with van der Waals surface area (Å²) in [4.78, 5) is 13.0. The molecule has 3 rings (SSSR count). The zero-order chi connectivity index (χ0) is 28.1. The van der Waals surface area contributed by atoms with E-state index in [2.05, 4.69) is 31.2 Å². The number of aromatic hydroxyl groups is 1. The molecular weight excluding hydrogens is 553 g/mol. The number of rotatable bonds is 16. The van der Waals surface area contributed by atoms with Crippen molar-refractivity contribution in [2.24, 2.45) is 0 Å². The zero-order valence-corrected chi connectivity index (χ0v) is 24.8. The number of carbonyl (C=O) groups is 1. The van der Waals surface area contributed by atoms with Crippen LogP contribution in [0.15, 0.2) is 72.8 Å². The molecule has 0 saturated heterocycles. The smallest absolute Gasteiger partial charge is 0.306 e. The molecule has 0 radical (unpaired) electrons. The summed E-state index contributed by atoms with van der Waals surface area (Å²) in [6.45, 7) is 2.61. The van der Waals surface area contributed by atoms with Gasteiger partial charge in [-0.2, -0.15) is 8.42 Å². The summed E-state index contributed by atoms with van der Waals surface area (Å²) in [6, 6.07) is 22.1. The van der Waals surface area contributed by atoms with E-state index in [1.165, 1.54) is 11.8 Å². The van der Waals surface area contributed by atoms with Gasteiger partial charge in [-0.3, -0.25) is 4.79 Å². The third kappa shape index (κ3) is 12.0. The van der Waals surface area contributed by atoms with Gasteiger partial charge < -0.3 is 14.0 Å². The van der Waals surface area contributed by atoms with Gasteiger partial charge in [0.25, 0.3) is 0 Å². The topological polar surface area (TPSA) is 89.9 Å². The molecule has 6 nitrogen and oxygen atoms in total. The van der Waals surface area contributed by atoms with Crippen LogP contribution in [0.1, 0.15) is 36.5 Å². The van der Waals surface area contributed by atoms with Gasteiger partial charge in [-0.25, -0.2) is 0 Å². The molecule has 1 atom stereocenters. The van der Waals surface area contributed by atoms with Crippen LogP contribution in [0.5, 0.6) is 17.2 Å². The van der Waals surface area contributed by atoms with E-state index in [1.54, 1.807) is 48.2 Å². The lowest BCUT2D eigenvalue weighted by molar-refractivity contribution is -0.110. The molecule has 0 unspecified atom stereocenters. The van der Waals surface area contributed by atoms with Gasteiger partial charge in [-0.1, -0.05) is 61.5 Å². The molecule has 0 aromatic heterocycles. The van der Waals surface area contributed by atoms with Crippen LogP contribution in [0.25, 0.3) is 0 Å². The number of phenols is 1. The first-order chi connectivity index (χ1) is 18.7. The first-order valence-corrected chi connectivity index (χ1v) is 16.8. The minimum absolute atomic E-state index is 0.104. The van der Waals surface area contributed by atoms with E-state index < -0.39 is 10.1 Å². The summed E-state index contributed by atoms with van der Waals surface area (Å²) in [5, 5.41) is 9.63. The Hall–Kier alpha value is -2.62. The molecule has 0 fully saturated rings. The Kier molecular flexibility index (Phi) is 12.6. The predicted octanol–water partition coefficient (Wildman–Crippen LogP) is 6.30. The van der Waals surface area contributed by atoms with Crippen LogP contribution in [0.4, 0.5) is 0 Å². The first-order valence-electron chi connectivity index (χ1n) is 13.0. The summed E-state index contributed by atoms with van der Waals surface area (Å²) in [6.07, 6.45) is 5.38. The van der Waals surface area contributed by atoms with E-state index in [4.69, 9.17) is 8.92 Å². The van der Waals surface area contributed by atoms with Crippen molar-refractivity contribution in [3.8, 4) is 17.2 Å². The third-order valence-electron chi connectivity index (χ3n) is 5.83. The fraction of sp³-hybridized carbons (Fsp3) is 0.367. The van der Waals surface area contributed by atoms with Crippen molar-refractivity contribution < 1.29 is 27.2 Å². The van der Waals surface area contributed by atoms with Gasteiger partial charge in [0.05, 0.1) is 18.1 Å². The maximum Gasteiger partial charge on any atom is 0.306 e. The van der Waals surface area contributed by atoms with Gasteiger partial charge >= 0.3 is 10.1 Å². The normalized spacial score (nSPS) is 12.2. The van der Waals surface area contributed by atoms with E-state index in [0.29, 0.717) is 18.8 Å². The highest BCUT2D eigenvalue weighted by Gasteiger charge is 2.20. The van der Waals surface area contributed by atoms with Crippen molar-refractivity contribution >= 4 is 38.8 Å². The van der Waals surface area contributed by atoms with Crippen molar-refractivity contribution in [3.63, 3.8) is 0 Å². The molecule has 3 aromatic carbocycles. The summed E-state index contributed by atoms with van der Waals surface area (Å²) < 4.78 is 33.1. The average Bonchev–Trinajstić information content (AvgIpc) is 2.90. The van der Waals surface area contributed by atoms with Crippen molar-refractivity contribution in [1.29, 1.82) is 0 Å². The Balaban J connectivity index is 1.50. The molecule has 1 N–H and O–H groups in total. The number of aryl methyl sites for hydroxylation is 1. The molecule has 39 heavy (non-hydrogen) atoms. The number of ether oxygens (including phenoxy) is 1. The number of hydrogen-bond acceptors (Lipinski definition) is 8. The number of thioether (sulfide) groups is 2. The molecule has 9 heteroatoms. The van der Waals surface area contributed by atoms with Gasteiger partial charge in [0.2, 0.25) is 5.12 Å². The standard InChI is InChI=1S/C30H36O6S3/c1-3-4-20-38-30(32)29(37-21-18-24-9-11-26(31)12-10-24)22-25-7-5-23(6-8-25)17-19-35-27-13-15-28(16-14-27)36-39(2,33)34/h5-16,29,31H,3-4,17-22H2,1-2H3/t29-/m1/s1. The van der Waals surface area contributed by atoms with Crippen molar-refractivity contribution in [2.45, 2.75) is 44.3 Å². The van der Waals surface area contributed by atoms with Crippen LogP contribution in [-0.2, 0) is 34.2 Å². The van der Waals surface area contributed by atoms with Crippen LogP contribution in [-0.4, -0.2) is 48.3 Å². The highest BCUT2D eigenvalue weighted by atomic mass is 32.2. The zero-order valence-electron chi connectivity index (χ0n) is 22.4. The molecule has 0 aliphatic heterocycles. The van der Waals surface area contributed by atoms with Crippen LogP contribution in [0.3, 0.4) is 0 Å². The predicted molar refractivity (Wildman–Crippen MR) is 162 cm³/mol. The molecular formula is C30H36O6S3. The van der Waals surface area contributed by atoms with E-state index in [-0.39, 0.29) is 21.9 Å². The summed E-state index contributed by atoms with van der Waals surface area (Å²) in [7, 11) is -3.55. The molecule has 0 heterocycles. The second kappa shape index (κ2) is 15.8. The van der Waals surface area contributed by atoms with Crippen molar-refractivity contribution in [1.82, 2.24) is 0 Å². The second-order valence-electron chi connectivity index (χ2n) is 9.17. The monoisotopic (exact) mass is 588 g/mol. The molecule has 0 aliphatic rings. The van der Waals surface area contributed by atoms with Gasteiger partial charge in [0.15, 0.2) is 0 Å². The fourth-order valence-electron chi connectivity index (χ4n) is 3.71. The number of carbonyl (C=O) groups excluding carboxylic acids is 1. The largest absolute Gasteiger partial charge is 0.508 e. The van der Waals surface area contributed by atoms with E-state index >= 15 is 0 Å². The van der Waals surface area contributed by atoms with E-state index in [1.807, 2.05) is 12.1 Å². The number of hydrogen-bond donors (Lipinski definition) is 1. The Labute approximate surface area is 240 Å². The number of phenolic OH excluding ortho intramolecular Hbond substituents is 1. The average molecular weight is 589 g/mol. The molecule has 210 valence electrons. The summed E-state index contributed by atoms with van der Waals surface area (Å²) in [5.74, 6) is 2.85. The van der Waals surface area contributed by atoms with Crippen LogP contribution >= 0.6 is 23.5 Å². The van der Waals surface area contributed by atoms with Gasteiger partial charge in [-0.15, -0.1) is 11.8 Å². The highest BCUT2D eigenvalue weighted by molar-refractivity contribution is 8.16. The summed E-state index contributed by atoms with van der Waals surface area (Å²) >= 11 is 3.15. The molecule has 0 spiro atoms. The second-order valence-corrected chi connectivity index (χ2v) is 13.2. The minimum atomic E-state index is -3.55. The quantitative estimate of drug-likeness (QED) is 0.154. The van der Waals surface area contributed by atoms with Gasteiger partial charge in [-0.05, 0) is 78.1 Å². The van der Waals surface area contributed by atoms with Crippen LogP contribution in [0, 0.1) is 0 Å². The van der Waals surface area contributed by atoms with Gasteiger partial charge in [0, 0.05) is 12.2 Å². The maximum absolute atomic E-state index is 13.0.